The monoisotopic (exact) mass is 432 g/mol. The molecule has 2 aromatic carbocycles. The Kier molecular flexibility index (Phi) is 5.86. The van der Waals surface area contributed by atoms with Gasteiger partial charge in [-0.25, -0.2) is 4.79 Å². The van der Waals surface area contributed by atoms with Gasteiger partial charge in [-0.2, -0.15) is 5.26 Å². The van der Waals surface area contributed by atoms with Crippen molar-refractivity contribution >= 4 is 29.3 Å². The Morgan fingerprint density at radius 3 is 2.19 bits per heavy atom. The smallest absolute Gasteiger partial charge is 0.325 e. The van der Waals surface area contributed by atoms with Crippen molar-refractivity contribution in [3.8, 4) is 6.07 Å². The largest absolute Gasteiger partial charge is 0.326 e. The lowest BCUT2D eigenvalue weighted by Crippen LogP contribution is -2.41. The molecule has 0 aromatic heterocycles. The molecule has 1 aliphatic rings. The van der Waals surface area contributed by atoms with E-state index in [4.69, 9.17) is 5.26 Å². The molecule has 0 saturated carbocycles. The molecule has 1 saturated heterocycles. The summed E-state index contributed by atoms with van der Waals surface area (Å²) in [6, 6.07) is 14.0. The zero-order chi connectivity index (χ0) is 23.7. The molecule has 4 amide bonds. The van der Waals surface area contributed by atoms with Gasteiger partial charge in [0.15, 0.2) is 5.78 Å². The standard InChI is InChI=1S/C24H24N4O4/c1-23(2,3)20(30)26-18-11-7-16(8-12-18)19(29)14-28-21(31)24(4,27-22(28)32)17-9-5-15(13-25)6-10-17/h5-12H,14H2,1-4H3,(H,26,30)(H,27,32). The minimum Gasteiger partial charge on any atom is -0.326 e. The highest BCUT2D eigenvalue weighted by atomic mass is 16.2. The number of nitriles is 1. The van der Waals surface area contributed by atoms with Gasteiger partial charge in [0, 0.05) is 16.7 Å². The van der Waals surface area contributed by atoms with E-state index in [-0.39, 0.29) is 5.91 Å². The number of nitrogens with one attached hydrogen (secondary N) is 2. The number of imide groups is 1. The summed E-state index contributed by atoms with van der Waals surface area (Å²) < 4.78 is 0. The molecule has 2 N–H and O–H groups in total. The Hall–Kier alpha value is -3.99. The van der Waals surface area contributed by atoms with Crippen LogP contribution in [0.1, 0.15) is 49.2 Å². The maximum Gasteiger partial charge on any atom is 0.325 e. The number of urea groups is 1. The van der Waals surface area contributed by atoms with E-state index in [0.29, 0.717) is 22.4 Å². The number of nitrogens with zero attached hydrogens (tertiary/aromatic N) is 2. The van der Waals surface area contributed by atoms with Crippen LogP contribution in [0, 0.1) is 16.7 Å². The quantitative estimate of drug-likeness (QED) is 0.555. The van der Waals surface area contributed by atoms with Crippen LogP contribution in [0.2, 0.25) is 0 Å². The third-order valence-corrected chi connectivity index (χ3v) is 5.31. The number of ketones is 1. The molecule has 0 aliphatic carbocycles. The second-order valence-corrected chi connectivity index (χ2v) is 8.84. The van der Waals surface area contributed by atoms with Crippen LogP contribution in [0.15, 0.2) is 48.5 Å². The van der Waals surface area contributed by atoms with Gasteiger partial charge in [-0.05, 0) is 48.9 Å². The van der Waals surface area contributed by atoms with E-state index < -0.39 is 35.2 Å². The topological polar surface area (TPSA) is 119 Å². The molecule has 2 aromatic rings. The average molecular weight is 432 g/mol. The number of hydrogen-bond donors (Lipinski definition) is 2. The van der Waals surface area contributed by atoms with Crippen molar-refractivity contribution in [2.24, 2.45) is 5.41 Å². The van der Waals surface area contributed by atoms with Gasteiger partial charge in [0.1, 0.15) is 5.54 Å². The molecule has 0 radical (unpaired) electrons. The van der Waals surface area contributed by atoms with Gasteiger partial charge in [0.05, 0.1) is 18.2 Å². The van der Waals surface area contributed by atoms with E-state index in [1.165, 1.54) is 0 Å². The van der Waals surface area contributed by atoms with Crippen LogP contribution < -0.4 is 10.6 Å². The van der Waals surface area contributed by atoms with E-state index in [1.54, 1.807) is 76.2 Å². The molecule has 8 heteroatoms. The minimum atomic E-state index is -1.33. The second-order valence-electron chi connectivity index (χ2n) is 8.84. The Morgan fingerprint density at radius 1 is 1.06 bits per heavy atom. The number of anilines is 1. The molecular weight excluding hydrogens is 408 g/mol. The highest BCUT2D eigenvalue weighted by Crippen LogP contribution is 2.29. The molecule has 8 nitrogen and oxygen atoms in total. The van der Waals surface area contributed by atoms with Gasteiger partial charge < -0.3 is 10.6 Å². The van der Waals surface area contributed by atoms with Crippen LogP contribution in [0.5, 0.6) is 0 Å². The average Bonchev–Trinajstić information content (AvgIpc) is 2.97. The number of carbonyl (C=O) groups excluding carboxylic acids is 4. The van der Waals surface area contributed by atoms with Crippen LogP contribution in [0.25, 0.3) is 0 Å². The summed E-state index contributed by atoms with van der Waals surface area (Å²) >= 11 is 0. The molecular formula is C24H24N4O4. The van der Waals surface area contributed by atoms with Crippen LogP contribution in [0.3, 0.4) is 0 Å². The number of hydrogen-bond acceptors (Lipinski definition) is 5. The fourth-order valence-corrected chi connectivity index (χ4v) is 3.21. The van der Waals surface area contributed by atoms with Crippen molar-refractivity contribution in [3.63, 3.8) is 0 Å². The van der Waals surface area contributed by atoms with Crippen molar-refractivity contribution in [3.05, 3.63) is 65.2 Å². The lowest BCUT2D eigenvalue weighted by atomic mass is 9.91. The molecule has 164 valence electrons. The van der Waals surface area contributed by atoms with Gasteiger partial charge in [0.25, 0.3) is 5.91 Å². The Morgan fingerprint density at radius 2 is 1.66 bits per heavy atom. The normalized spacial score (nSPS) is 18.2. The van der Waals surface area contributed by atoms with Gasteiger partial charge >= 0.3 is 6.03 Å². The van der Waals surface area contributed by atoms with Crippen LogP contribution in [0.4, 0.5) is 10.5 Å². The maximum atomic E-state index is 13.0. The van der Waals surface area contributed by atoms with Crippen LogP contribution >= 0.6 is 0 Å². The molecule has 1 aliphatic heterocycles. The van der Waals surface area contributed by atoms with E-state index in [1.807, 2.05) is 6.07 Å². The first-order chi connectivity index (χ1) is 15.0. The Balaban J connectivity index is 1.72. The Bertz CT molecular complexity index is 1120. The number of amides is 4. The Labute approximate surface area is 186 Å². The third kappa shape index (κ3) is 4.37. The van der Waals surface area contributed by atoms with Crippen molar-refractivity contribution in [1.29, 1.82) is 5.26 Å². The number of benzene rings is 2. The van der Waals surface area contributed by atoms with Crippen LogP contribution in [-0.2, 0) is 15.1 Å². The molecule has 1 heterocycles. The molecule has 3 rings (SSSR count). The first-order valence-corrected chi connectivity index (χ1v) is 10.0. The molecule has 1 fully saturated rings. The van der Waals surface area contributed by atoms with Gasteiger partial charge in [0.2, 0.25) is 5.91 Å². The fourth-order valence-electron chi connectivity index (χ4n) is 3.21. The predicted octanol–water partition coefficient (Wildman–Crippen LogP) is 3.19. The highest BCUT2D eigenvalue weighted by molar-refractivity contribution is 6.11. The lowest BCUT2D eigenvalue weighted by Gasteiger charge is -2.22. The number of carbonyl (C=O) groups is 4. The summed E-state index contributed by atoms with van der Waals surface area (Å²) in [5.41, 5.74) is -0.0744. The number of rotatable bonds is 5. The first-order valence-electron chi connectivity index (χ1n) is 10.0. The maximum absolute atomic E-state index is 13.0. The predicted molar refractivity (Wildman–Crippen MR) is 118 cm³/mol. The minimum absolute atomic E-state index is 0.155. The van der Waals surface area contributed by atoms with Crippen molar-refractivity contribution < 1.29 is 19.2 Å². The molecule has 0 spiro atoms. The van der Waals surface area contributed by atoms with Gasteiger partial charge in [-0.3, -0.25) is 19.3 Å². The first kappa shape index (κ1) is 22.7. The lowest BCUT2D eigenvalue weighted by molar-refractivity contribution is -0.130. The SMILES string of the molecule is CC(C)(C)C(=O)Nc1ccc(C(=O)CN2C(=O)NC(C)(c3ccc(C#N)cc3)C2=O)cc1. The van der Waals surface area contributed by atoms with E-state index in [9.17, 15) is 19.2 Å². The third-order valence-electron chi connectivity index (χ3n) is 5.31. The summed E-state index contributed by atoms with van der Waals surface area (Å²) in [4.78, 5) is 51.2. The summed E-state index contributed by atoms with van der Waals surface area (Å²) in [5, 5.41) is 14.4. The fraction of sp³-hybridized carbons (Fsp3) is 0.292. The van der Waals surface area contributed by atoms with Crippen molar-refractivity contribution in [2.45, 2.75) is 33.2 Å². The van der Waals surface area contributed by atoms with Crippen LogP contribution in [-0.4, -0.2) is 35.1 Å². The summed E-state index contributed by atoms with van der Waals surface area (Å²) in [6.07, 6.45) is 0. The molecule has 1 unspecified atom stereocenters. The summed E-state index contributed by atoms with van der Waals surface area (Å²) in [5.74, 6) is -1.11. The molecule has 32 heavy (non-hydrogen) atoms. The summed E-state index contributed by atoms with van der Waals surface area (Å²) in [7, 11) is 0. The van der Waals surface area contributed by atoms with E-state index in [0.717, 1.165) is 4.90 Å². The molecule has 0 bridgehead atoms. The number of Topliss-reactive ketones (excluding diaryl/α,β-unsaturated/α-hetero) is 1. The summed E-state index contributed by atoms with van der Waals surface area (Å²) in [6.45, 7) is 6.54. The van der Waals surface area contributed by atoms with E-state index in [2.05, 4.69) is 10.6 Å². The van der Waals surface area contributed by atoms with Gasteiger partial charge in [-0.15, -0.1) is 0 Å². The highest BCUT2D eigenvalue weighted by Gasteiger charge is 2.49. The van der Waals surface area contributed by atoms with Gasteiger partial charge in [-0.1, -0.05) is 32.9 Å². The van der Waals surface area contributed by atoms with E-state index >= 15 is 0 Å². The second kappa shape index (κ2) is 8.27. The van der Waals surface area contributed by atoms with Crippen molar-refractivity contribution in [1.82, 2.24) is 10.2 Å². The zero-order valence-corrected chi connectivity index (χ0v) is 18.4. The zero-order valence-electron chi connectivity index (χ0n) is 18.4. The van der Waals surface area contributed by atoms with Crippen molar-refractivity contribution in [2.75, 3.05) is 11.9 Å². The molecule has 1 atom stereocenters.